The second-order valence-corrected chi connectivity index (χ2v) is 5.69. The number of aromatic nitrogens is 2. The quantitative estimate of drug-likeness (QED) is 0.424. The fourth-order valence-corrected chi connectivity index (χ4v) is 2.56. The van der Waals surface area contributed by atoms with E-state index in [1.165, 1.54) is 0 Å². The lowest BCUT2D eigenvalue weighted by atomic mass is 10.1. The van der Waals surface area contributed by atoms with Gasteiger partial charge in [-0.05, 0) is 24.6 Å². The lowest BCUT2D eigenvalue weighted by Gasteiger charge is -2.09. The van der Waals surface area contributed by atoms with Gasteiger partial charge >= 0.3 is 5.97 Å². The Bertz CT molecular complexity index is 984. The van der Waals surface area contributed by atoms with Crippen LogP contribution in [0.4, 0.5) is 0 Å². The normalized spacial score (nSPS) is 11.6. The summed E-state index contributed by atoms with van der Waals surface area (Å²) in [5, 5.41) is 19.0. The Kier molecular flexibility index (Phi) is 4.35. The van der Waals surface area contributed by atoms with E-state index in [-0.39, 0.29) is 5.82 Å². The van der Waals surface area contributed by atoms with Gasteiger partial charge in [0, 0.05) is 12.6 Å². The van der Waals surface area contributed by atoms with Crippen LogP contribution in [0.15, 0.2) is 54.6 Å². The Hall–Kier alpha value is -3.41. The monoisotopic (exact) mass is 336 g/mol. The molecule has 6 heteroatoms. The first-order chi connectivity index (χ1) is 12.0. The van der Waals surface area contributed by atoms with E-state index in [0.29, 0.717) is 18.1 Å². The topological polar surface area (TPSA) is 92.4 Å². The van der Waals surface area contributed by atoms with Crippen LogP contribution in [0.3, 0.4) is 0 Å². The lowest BCUT2D eigenvalue weighted by Crippen LogP contribution is -2.11. The number of nitrogens with zero attached hydrogens (tertiary/aromatic N) is 2. The minimum Gasteiger partial charge on any atom is -0.504 e. The van der Waals surface area contributed by atoms with Gasteiger partial charge in [0.25, 0.3) is 5.78 Å². The first-order valence-corrected chi connectivity index (χ1v) is 7.65. The SMILES string of the molecule is Cc1ccc(Cn2c(/C(O)=C/C(=O)C(=O)O)nc3ccccc32)cc1. The maximum absolute atomic E-state index is 11.4. The molecular formula is C19H16N2O4. The maximum atomic E-state index is 11.4. The van der Waals surface area contributed by atoms with Crippen LogP contribution in [0.1, 0.15) is 17.0 Å². The van der Waals surface area contributed by atoms with Gasteiger partial charge in [-0.15, -0.1) is 0 Å². The van der Waals surface area contributed by atoms with Crippen molar-refractivity contribution in [2.45, 2.75) is 13.5 Å². The van der Waals surface area contributed by atoms with Crippen LogP contribution in [-0.2, 0) is 16.1 Å². The van der Waals surface area contributed by atoms with Crippen LogP contribution < -0.4 is 0 Å². The second kappa shape index (κ2) is 6.60. The molecule has 2 N–H and O–H groups in total. The minimum absolute atomic E-state index is 0.149. The number of aliphatic carboxylic acids is 1. The Morgan fingerprint density at radius 2 is 1.76 bits per heavy atom. The Morgan fingerprint density at radius 3 is 2.44 bits per heavy atom. The predicted octanol–water partition coefficient (Wildman–Crippen LogP) is 2.95. The van der Waals surface area contributed by atoms with E-state index in [1.807, 2.05) is 49.4 Å². The number of carbonyl (C=O) groups is 2. The van der Waals surface area contributed by atoms with Gasteiger partial charge < -0.3 is 14.8 Å². The lowest BCUT2D eigenvalue weighted by molar-refractivity contribution is -0.146. The number of carboxylic acid groups (broad SMARTS) is 1. The molecule has 0 saturated heterocycles. The number of carboxylic acids is 1. The molecule has 0 amide bonds. The molecule has 2 aromatic carbocycles. The molecule has 6 nitrogen and oxygen atoms in total. The van der Waals surface area contributed by atoms with E-state index in [2.05, 4.69) is 4.98 Å². The van der Waals surface area contributed by atoms with Crippen molar-refractivity contribution >= 4 is 28.5 Å². The Labute approximate surface area is 143 Å². The summed E-state index contributed by atoms with van der Waals surface area (Å²) in [4.78, 5) is 26.4. The molecule has 3 rings (SSSR count). The molecule has 0 saturated carbocycles. The molecule has 0 atom stereocenters. The number of ketones is 1. The number of imidazole rings is 1. The number of benzene rings is 2. The third kappa shape index (κ3) is 3.42. The standard InChI is InChI=1S/C19H16N2O4/c1-12-6-8-13(9-7-12)11-21-15-5-3-2-4-14(15)20-18(21)16(22)10-17(23)19(24)25/h2-10,22H,11H2,1H3,(H,24,25)/b16-10-. The molecular weight excluding hydrogens is 320 g/mol. The number of rotatable bonds is 5. The molecule has 0 aliphatic rings. The molecule has 0 fully saturated rings. The van der Waals surface area contributed by atoms with Crippen molar-refractivity contribution in [2.75, 3.05) is 0 Å². The number of aliphatic hydroxyl groups excluding tert-OH is 1. The largest absolute Gasteiger partial charge is 0.504 e. The zero-order chi connectivity index (χ0) is 18.0. The third-order valence-electron chi connectivity index (χ3n) is 3.82. The number of hydrogen-bond acceptors (Lipinski definition) is 4. The molecule has 0 aliphatic carbocycles. The Balaban J connectivity index is 2.10. The summed E-state index contributed by atoms with van der Waals surface area (Å²) < 4.78 is 1.75. The average molecular weight is 336 g/mol. The zero-order valence-corrected chi connectivity index (χ0v) is 13.5. The summed E-state index contributed by atoms with van der Waals surface area (Å²) in [5.41, 5.74) is 3.55. The van der Waals surface area contributed by atoms with E-state index in [1.54, 1.807) is 10.6 Å². The van der Waals surface area contributed by atoms with Crippen molar-refractivity contribution in [3.05, 3.63) is 71.6 Å². The van der Waals surface area contributed by atoms with Crippen molar-refractivity contribution in [3.8, 4) is 0 Å². The van der Waals surface area contributed by atoms with Crippen LogP contribution in [0.2, 0.25) is 0 Å². The fraction of sp³-hybridized carbons (Fsp3) is 0.105. The predicted molar refractivity (Wildman–Crippen MR) is 93.3 cm³/mol. The average Bonchev–Trinajstić information content (AvgIpc) is 2.95. The van der Waals surface area contributed by atoms with Gasteiger partial charge in [-0.25, -0.2) is 9.78 Å². The highest BCUT2D eigenvalue weighted by Crippen LogP contribution is 2.22. The number of para-hydroxylation sites is 2. The van der Waals surface area contributed by atoms with Gasteiger partial charge in [-0.2, -0.15) is 0 Å². The molecule has 0 aliphatic heterocycles. The van der Waals surface area contributed by atoms with Gasteiger partial charge in [-0.1, -0.05) is 42.0 Å². The van der Waals surface area contributed by atoms with Crippen molar-refractivity contribution in [1.29, 1.82) is 0 Å². The summed E-state index contributed by atoms with van der Waals surface area (Å²) in [5.74, 6) is -3.16. The van der Waals surface area contributed by atoms with E-state index in [4.69, 9.17) is 5.11 Å². The zero-order valence-electron chi connectivity index (χ0n) is 13.5. The summed E-state index contributed by atoms with van der Waals surface area (Å²) in [6.07, 6.45) is 0.676. The van der Waals surface area contributed by atoms with Crippen molar-refractivity contribution in [1.82, 2.24) is 9.55 Å². The summed E-state index contributed by atoms with van der Waals surface area (Å²) in [6, 6.07) is 15.2. The molecule has 3 aromatic rings. The summed E-state index contributed by atoms with van der Waals surface area (Å²) in [7, 11) is 0. The van der Waals surface area contributed by atoms with Gasteiger partial charge in [0.2, 0.25) is 0 Å². The summed E-state index contributed by atoms with van der Waals surface area (Å²) in [6.45, 7) is 2.42. The first-order valence-electron chi connectivity index (χ1n) is 7.65. The van der Waals surface area contributed by atoms with Gasteiger partial charge in [-0.3, -0.25) is 4.79 Å². The van der Waals surface area contributed by atoms with E-state index >= 15 is 0 Å². The molecule has 25 heavy (non-hydrogen) atoms. The number of aryl methyl sites for hydroxylation is 1. The molecule has 0 bridgehead atoms. The van der Waals surface area contributed by atoms with Crippen LogP contribution >= 0.6 is 0 Å². The fourth-order valence-electron chi connectivity index (χ4n) is 2.56. The van der Waals surface area contributed by atoms with Crippen molar-refractivity contribution < 1.29 is 19.8 Å². The second-order valence-electron chi connectivity index (χ2n) is 5.69. The molecule has 0 radical (unpaired) electrons. The molecule has 1 heterocycles. The van der Waals surface area contributed by atoms with Crippen LogP contribution in [0, 0.1) is 6.92 Å². The van der Waals surface area contributed by atoms with E-state index in [0.717, 1.165) is 16.6 Å². The van der Waals surface area contributed by atoms with Crippen LogP contribution in [0.25, 0.3) is 16.8 Å². The number of fused-ring (bicyclic) bond motifs is 1. The number of aliphatic hydroxyl groups is 1. The highest BCUT2D eigenvalue weighted by molar-refractivity contribution is 6.38. The third-order valence-corrected chi connectivity index (χ3v) is 3.82. The molecule has 1 aromatic heterocycles. The number of carbonyl (C=O) groups excluding carboxylic acids is 1. The minimum atomic E-state index is -1.63. The summed E-state index contributed by atoms with van der Waals surface area (Å²) >= 11 is 0. The van der Waals surface area contributed by atoms with Gasteiger partial charge in [0.05, 0.1) is 11.0 Å². The van der Waals surface area contributed by atoms with Gasteiger partial charge in [0.15, 0.2) is 11.6 Å². The molecule has 0 spiro atoms. The first kappa shape index (κ1) is 16.4. The van der Waals surface area contributed by atoms with Gasteiger partial charge in [0.1, 0.15) is 0 Å². The molecule has 126 valence electrons. The number of hydrogen-bond donors (Lipinski definition) is 2. The molecule has 0 unspecified atom stereocenters. The van der Waals surface area contributed by atoms with Crippen molar-refractivity contribution in [2.24, 2.45) is 0 Å². The van der Waals surface area contributed by atoms with E-state index < -0.39 is 17.5 Å². The van der Waals surface area contributed by atoms with Crippen LogP contribution in [-0.4, -0.2) is 31.5 Å². The highest BCUT2D eigenvalue weighted by Gasteiger charge is 2.17. The highest BCUT2D eigenvalue weighted by atomic mass is 16.4. The van der Waals surface area contributed by atoms with E-state index in [9.17, 15) is 14.7 Å². The van der Waals surface area contributed by atoms with Crippen LogP contribution in [0.5, 0.6) is 0 Å². The smallest absolute Gasteiger partial charge is 0.376 e. The Morgan fingerprint density at radius 1 is 1.08 bits per heavy atom. The van der Waals surface area contributed by atoms with Crippen molar-refractivity contribution in [3.63, 3.8) is 0 Å². The maximum Gasteiger partial charge on any atom is 0.376 e.